The van der Waals surface area contributed by atoms with Crippen LogP contribution in [0.1, 0.15) is 24.2 Å². The first-order chi connectivity index (χ1) is 11.3. The zero-order valence-corrected chi connectivity index (χ0v) is 13.8. The van der Waals surface area contributed by atoms with Crippen molar-refractivity contribution in [3.8, 4) is 0 Å². The highest BCUT2D eigenvalue weighted by atomic mass is 19.1. The van der Waals surface area contributed by atoms with Gasteiger partial charge in [-0.2, -0.15) is 0 Å². The number of nitrogens with zero attached hydrogens (tertiary/aromatic N) is 2. The second-order valence-electron chi connectivity index (χ2n) is 7.12. The first-order valence-corrected chi connectivity index (χ1v) is 7.88. The normalized spacial score (nSPS) is 27.0. The fraction of sp³-hybridized carbons (Fsp3) is 0.444. The summed E-state index contributed by atoms with van der Waals surface area (Å²) in [6.45, 7) is 3.86. The molecule has 1 fully saturated rings. The maximum absolute atomic E-state index is 14.4. The molecule has 1 aliphatic rings. The van der Waals surface area contributed by atoms with Crippen LogP contribution in [-0.4, -0.2) is 52.3 Å². The Bertz CT molecular complexity index is 779. The number of aliphatic hydroxyl groups excluding tert-OH is 2. The van der Waals surface area contributed by atoms with Crippen LogP contribution in [0.3, 0.4) is 0 Å². The molecule has 2 atom stereocenters. The van der Waals surface area contributed by atoms with Crippen molar-refractivity contribution < 1.29 is 19.4 Å². The van der Waals surface area contributed by atoms with E-state index in [1.54, 1.807) is 18.3 Å². The Balaban J connectivity index is 2.04. The number of hydrogen-bond donors (Lipinski definition) is 2. The number of pyridine rings is 1. The summed E-state index contributed by atoms with van der Waals surface area (Å²) in [6, 6.07) is 4.62. The Labute approximate surface area is 139 Å². The summed E-state index contributed by atoms with van der Waals surface area (Å²) >= 11 is 0. The maximum Gasteiger partial charge on any atom is 0.257 e. The lowest BCUT2D eigenvalue weighted by Gasteiger charge is -2.36. The smallest absolute Gasteiger partial charge is 0.257 e. The summed E-state index contributed by atoms with van der Waals surface area (Å²) in [4.78, 5) is 18.5. The van der Waals surface area contributed by atoms with Crippen molar-refractivity contribution in [3.05, 3.63) is 42.0 Å². The topological polar surface area (TPSA) is 73.7 Å². The lowest BCUT2D eigenvalue weighted by Crippen LogP contribution is -2.41. The molecule has 0 bridgehead atoms. The highest BCUT2D eigenvalue weighted by Crippen LogP contribution is 2.46. The molecular formula is C18H21FN2O3. The summed E-state index contributed by atoms with van der Waals surface area (Å²) in [7, 11) is 0. The van der Waals surface area contributed by atoms with Crippen LogP contribution >= 0.6 is 0 Å². The standard InChI is InChI=1S/C18H21FN2O3/c1-17(10-22)8-21(9-18(17,2)11-23)16(24)15-13-7-20-6-5-12(13)3-4-14(15)19/h3-7,22-23H,8-11H2,1-2H3/t17-,18+. The van der Waals surface area contributed by atoms with E-state index in [2.05, 4.69) is 4.98 Å². The summed E-state index contributed by atoms with van der Waals surface area (Å²) in [5, 5.41) is 20.7. The van der Waals surface area contributed by atoms with Gasteiger partial charge >= 0.3 is 0 Å². The van der Waals surface area contributed by atoms with E-state index in [-0.39, 0.29) is 31.9 Å². The van der Waals surface area contributed by atoms with Crippen molar-refractivity contribution in [2.45, 2.75) is 13.8 Å². The van der Waals surface area contributed by atoms with E-state index in [0.717, 1.165) is 5.39 Å². The lowest BCUT2D eigenvalue weighted by molar-refractivity contribution is 0.00976. The molecule has 2 aromatic rings. The third-order valence-corrected chi connectivity index (χ3v) is 5.51. The van der Waals surface area contributed by atoms with Gasteiger partial charge in [0.05, 0.1) is 18.8 Å². The van der Waals surface area contributed by atoms with Crippen molar-refractivity contribution >= 4 is 16.7 Å². The molecule has 24 heavy (non-hydrogen) atoms. The number of fused-ring (bicyclic) bond motifs is 1. The molecule has 2 N–H and O–H groups in total. The predicted octanol–water partition coefficient (Wildman–Crippen LogP) is 1.83. The van der Waals surface area contributed by atoms with Gasteiger partial charge < -0.3 is 15.1 Å². The third-order valence-electron chi connectivity index (χ3n) is 5.51. The maximum atomic E-state index is 14.4. The summed E-state index contributed by atoms with van der Waals surface area (Å²) < 4.78 is 14.4. The number of carbonyl (C=O) groups is 1. The van der Waals surface area contributed by atoms with E-state index < -0.39 is 22.6 Å². The van der Waals surface area contributed by atoms with E-state index >= 15 is 0 Å². The van der Waals surface area contributed by atoms with E-state index in [9.17, 15) is 19.4 Å². The molecule has 0 unspecified atom stereocenters. The molecule has 3 rings (SSSR count). The second-order valence-corrected chi connectivity index (χ2v) is 7.12. The number of carbonyl (C=O) groups excluding carboxylic acids is 1. The average molecular weight is 332 g/mol. The van der Waals surface area contributed by atoms with Gasteiger partial charge in [0.1, 0.15) is 5.82 Å². The molecule has 1 aliphatic heterocycles. The van der Waals surface area contributed by atoms with Crippen molar-refractivity contribution in [2.75, 3.05) is 26.3 Å². The van der Waals surface area contributed by atoms with Crippen LogP contribution in [0.4, 0.5) is 4.39 Å². The fourth-order valence-electron chi connectivity index (χ4n) is 3.42. The molecule has 0 spiro atoms. The van der Waals surface area contributed by atoms with Crippen LogP contribution in [0.15, 0.2) is 30.6 Å². The average Bonchev–Trinajstić information content (AvgIpc) is 2.87. The summed E-state index contributed by atoms with van der Waals surface area (Å²) in [5.41, 5.74) is -1.30. The van der Waals surface area contributed by atoms with Gasteiger partial charge in [-0.3, -0.25) is 9.78 Å². The van der Waals surface area contributed by atoms with Gasteiger partial charge in [-0.1, -0.05) is 19.9 Å². The van der Waals surface area contributed by atoms with Gasteiger partial charge in [0.2, 0.25) is 0 Å². The Morgan fingerprint density at radius 1 is 1.21 bits per heavy atom. The number of likely N-dealkylation sites (tertiary alicyclic amines) is 1. The Kier molecular flexibility index (Phi) is 4.05. The fourth-order valence-corrected chi connectivity index (χ4v) is 3.42. The molecule has 6 heteroatoms. The van der Waals surface area contributed by atoms with E-state index in [4.69, 9.17) is 0 Å². The number of benzene rings is 1. The Morgan fingerprint density at radius 3 is 2.42 bits per heavy atom. The van der Waals surface area contributed by atoms with Crippen LogP contribution in [0.2, 0.25) is 0 Å². The summed E-state index contributed by atoms with van der Waals surface area (Å²) in [6.07, 6.45) is 3.08. The van der Waals surface area contributed by atoms with Gasteiger partial charge in [-0.05, 0) is 17.5 Å². The van der Waals surface area contributed by atoms with Crippen LogP contribution in [0, 0.1) is 16.6 Å². The lowest BCUT2D eigenvalue weighted by atomic mass is 9.69. The molecule has 0 saturated carbocycles. The number of rotatable bonds is 3. The van der Waals surface area contributed by atoms with Crippen molar-refractivity contribution in [1.29, 1.82) is 0 Å². The van der Waals surface area contributed by atoms with Crippen LogP contribution in [0.25, 0.3) is 10.8 Å². The van der Waals surface area contributed by atoms with E-state index in [0.29, 0.717) is 5.39 Å². The minimum Gasteiger partial charge on any atom is -0.396 e. The van der Waals surface area contributed by atoms with Crippen LogP contribution < -0.4 is 0 Å². The van der Waals surface area contributed by atoms with Gasteiger partial charge in [-0.15, -0.1) is 0 Å². The van der Waals surface area contributed by atoms with Gasteiger partial charge in [-0.25, -0.2) is 4.39 Å². The molecule has 1 aromatic heterocycles. The Morgan fingerprint density at radius 2 is 1.83 bits per heavy atom. The number of aliphatic hydroxyl groups is 2. The second kappa shape index (κ2) is 5.79. The first-order valence-electron chi connectivity index (χ1n) is 7.88. The van der Waals surface area contributed by atoms with Crippen molar-refractivity contribution in [1.82, 2.24) is 9.88 Å². The predicted molar refractivity (Wildman–Crippen MR) is 88.0 cm³/mol. The minimum absolute atomic E-state index is 0.0110. The zero-order chi connectivity index (χ0) is 17.5. The Hall–Kier alpha value is -2.05. The molecule has 0 radical (unpaired) electrons. The first kappa shape index (κ1) is 16.8. The largest absolute Gasteiger partial charge is 0.396 e. The van der Waals surface area contributed by atoms with E-state index in [1.165, 1.54) is 17.2 Å². The molecule has 1 aromatic carbocycles. The number of hydrogen-bond acceptors (Lipinski definition) is 4. The number of amides is 1. The van der Waals surface area contributed by atoms with Crippen LogP contribution in [-0.2, 0) is 0 Å². The molecule has 0 aliphatic carbocycles. The van der Waals surface area contributed by atoms with Crippen molar-refractivity contribution in [3.63, 3.8) is 0 Å². The highest BCUT2D eigenvalue weighted by molar-refractivity contribution is 6.07. The highest BCUT2D eigenvalue weighted by Gasteiger charge is 2.52. The van der Waals surface area contributed by atoms with Gasteiger partial charge in [0.15, 0.2) is 0 Å². The van der Waals surface area contributed by atoms with Crippen molar-refractivity contribution in [2.24, 2.45) is 10.8 Å². The monoisotopic (exact) mass is 332 g/mol. The van der Waals surface area contributed by atoms with E-state index in [1.807, 2.05) is 13.8 Å². The molecule has 1 amide bonds. The third kappa shape index (κ3) is 2.37. The SMILES string of the molecule is C[C@]1(CO)CN(C(=O)c2c(F)ccc3ccncc23)C[C@@]1(C)CO. The van der Waals surface area contributed by atoms with Crippen LogP contribution in [0.5, 0.6) is 0 Å². The molecule has 128 valence electrons. The quantitative estimate of drug-likeness (QED) is 0.899. The van der Waals surface area contributed by atoms with Gasteiger partial charge in [0.25, 0.3) is 5.91 Å². The molecule has 5 nitrogen and oxygen atoms in total. The molecule has 2 heterocycles. The molecular weight excluding hydrogens is 311 g/mol. The number of halogens is 1. The molecule has 1 saturated heterocycles. The van der Waals surface area contributed by atoms with Gasteiger partial charge in [0, 0.05) is 41.7 Å². The summed E-state index contributed by atoms with van der Waals surface area (Å²) in [5.74, 6) is -1.04. The number of aromatic nitrogens is 1. The zero-order valence-electron chi connectivity index (χ0n) is 13.8. The minimum atomic E-state index is -0.642.